The Kier molecular flexibility index (Phi) is 6.37. The molecular formula is C15H19N3O3. The Balaban J connectivity index is 2.49. The molecule has 0 atom stereocenters. The van der Waals surface area contributed by atoms with Crippen molar-refractivity contribution in [2.24, 2.45) is 0 Å². The lowest BCUT2D eigenvalue weighted by molar-refractivity contribution is -0.130. The third-order valence-electron chi connectivity index (χ3n) is 3.04. The maximum atomic E-state index is 11.9. The summed E-state index contributed by atoms with van der Waals surface area (Å²) in [6.07, 6.45) is 0.322. The Labute approximate surface area is 124 Å². The van der Waals surface area contributed by atoms with E-state index in [-0.39, 0.29) is 18.0 Å². The van der Waals surface area contributed by atoms with Gasteiger partial charge in [-0.25, -0.2) is 4.79 Å². The van der Waals surface area contributed by atoms with Crippen molar-refractivity contribution in [3.63, 3.8) is 0 Å². The molecule has 0 aliphatic carbocycles. The Morgan fingerprint density at radius 3 is 2.38 bits per heavy atom. The second-order valence-corrected chi connectivity index (χ2v) is 4.90. The van der Waals surface area contributed by atoms with Crippen molar-refractivity contribution in [1.82, 2.24) is 9.80 Å². The highest BCUT2D eigenvalue weighted by molar-refractivity contribution is 5.87. The minimum atomic E-state index is -0.954. The predicted octanol–water partition coefficient (Wildman–Crippen LogP) is 1.19. The first-order valence-electron chi connectivity index (χ1n) is 6.55. The molecule has 0 spiro atoms. The molecule has 6 heteroatoms. The largest absolute Gasteiger partial charge is 0.478 e. The summed E-state index contributed by atoms with van der Waals surface area (Å²) in [5.41, 5.74) is 1.18. The maximum Gasteiger partial charge on any atom is 0.335 e. The number of aromatic carboxylic acids is 1. The predicted molar refractivity (Wildman–Crippen MR) is 77.6 cm³/mol. The van der Waals surface area contributed by atoms with E-state index in [1.165, 1.54) is 4.90 Å². The smallest absolute Gasteiger partial charge is 0.335 e. The number of carboxylic acid groups (broad SMARTS) is 1. The summed E-state index contributed by atoms with van der Waals surface area (Å²) in [6, 6.07) is 8.58. The third-order valence-corrected chi connectivity index (χ3v) is 3.04. The van der Waals surface area contributed by atoms with Gasteiger partial charge in [0.05, 0.1) is 24.6 Å². The average Bonchev–Trinajstić information content (AvgIpc) is 2.45. The van der Waals surface area contributed by atoms with Crippen molar-refractivity contribution in [3.05, 3.63) is 35.4 Å². The fourth-order valence-corrected chi connectivity index (χ4v) is 1.81. The van der Waals surface area contributed by atoms with Gasteiger partial charge in [-0.1, -0.05) is 12.1 Å². The fourth-order valence-electron chi connectivity index (χ4n) is 1.81. The molecule has 0 bridgehead atoms. The summed E-state index contributed by atoms with van der Waals surface area (Å²) in [5.74, 6) is -1.00. The van der Waals surface area contributed by atoms with E-state index in [0.29, 0.717) is 19.5 Å². The number of benzene rings is 1. The first-order valence-corrected chi connectivity index (χ1v) is 6.55. The zero-order chi connectivity index (χ0) is 15.8. The molecule has 0 fully saturated rings. The van der Waals surface area contributed by atoms with Crippen LogP contribution in [0.25, 0.3) is 0 Å². The molecule has 0 saturated carbocycles. The summed E-state index contributed by atoms with van der Waals surface area (Å²) >= 11 is 0. The number of carbonyl (C=O) groups excluding carboxylic acids is 1. The van der Waals surface area contributed by atoms with Crippen LogP contribution < -0.4 is 0 Å². The zero-order valence-corrected chi connectivity index (χ0v) is 12.2. The van der Waals surface area contributed by atoms with Gasteiger partial charge in [-0.3, -0.25) is 9.69 Å². The molecule has 0 heterocycles. The van der Waals surface area contributed by atoms with Crippen molar-refractivity contribution < 1.29 is 14.7 Å². The van der Waals surface area contributed by atoms with Gasteiger partial charge in [-0.15, -0.1) is 0 Å². The topological polar surface area (TPSA) is 84.6 Å². The Morgan fingerprint density at radius 1 is 1.24 bits per heavy atom. The summed E-state index contributed by atoms with van der Waals surface area (Å²) < 4.78 is 0. The molecule has 21 heavy (non-hydrogen) atoms. The van der Waals surface area contributed by atoms with Crippen LogP contribution in [0.3, 0.4) is 0 Å². The molecule has 0 radical (unpaired) electrons. The lowest BCUT2D eigenvalue weighted by Crippen LogP contribution is -2.36. The van der Waals surface area contributed by atoms with Gasteiger partial charge in [-0.2, -0.15) is 5.26 Å². The van der Waals surface area contributed by atoms with E-state index in [4.69, 9.17) is 10.4 Å². The molecule has 1 aromatic rings. The molecule has 1 rings (SSSR count). The lowest BCUT2D eigenvalue weighted by atomic mass is 10.1. The SMILES string of the molecule is CN(CC(=O)N(C)CCC#N)Cc1ccc(C(=O)O)cc1. The lowest BCUT2D eigenvalue weighted by Gasteiger charge is -2.21. The van der Waals surface area contributed by atoms with E-state index in [0.717, 1.165) is 5.56 Å². The van der Waals surface area contributed by atoms with Gasteiger partial charge in [0.25, 0.3) is 0 Å². The van der Waals surface area contributed by atoms with Crippen molar-refractivity contribution in [2.45, 2.75) is 13.0 Å². The standard InChI is InChI=1S/C15H19N3O3/c1-17(11-14(19)18(2)9-3-8-16)10-12-4-6-13(7-5-12)15(20)21/h4-7H,3,9-11H2,1-2H3,(H,20,21). The summed E-state index contributed by atoms with van der Waals surface area (Å²) in [6.45, 7) is 1.23. The van der Waals surface area contributed by atoms with Crippen LogP contribution in [0.1, 0.15) is 22.3 Å². The molecular weight excluding hydrogens is 270 g/mol. The third kappa shape index (κ3) is 5.63. The second-order valence-electron chi connectivity index (χ2n) is 4.90. The quantitative estimate of drug-likeness (QED) is 0.815. The number of rotatable bonds is 7. The van der Waals surface area contributed by atoms with Crippen molar-refractivity contribution in [1.29, 1.82) is 5.26 Å². The Morgan fingerprint density at radius 2 is 1.86 bits per heavy atom. The van der Waals surface area contributed by atoms with Crippen LogP contribution in [0.15, 0.2) is 24.3 Å². The van der Waals surface area contributed by atoms with Gasteiger partial charge < -0.3 is 10.0 Å². The van der Waals surface area contributed by atoms with Gasteiger partial charge >= 0.3 is 5.97 Å². The molecule has 0 aromatic heterocycles. The Bertz CT molecular complexity index is 534. The number of hydrogen-bond acceptors (Lipinski definition) is 4. The van der Waals surface area contributed by atoms with E-state index >= 15 is 0 Å². The number of nitriles is 1. The number of amides is 1. The van der Waals surface area contributed by atoms with E-state index in [1.54, 1.807) is 31.3 Å². The summed E-state index contributed by atoms with van der Waals surface area (Å²) in [4.78, 5) is 26.0. The van der Waals surface area contributed by atoms with E-state index < -0.39 is 5.97 Å². The van der Waals surface area contributed by atoms with Gasteiger partial charge in [0, 0.05) is 20.1 Å². The molecule has 0 aliphatic heterocycles. The molecule has 0 saturated heterocycles. The maximum absolute atomic E-state index is 11.9. The van der Waals surface area contributed by atoms with Crippen LogP contribution in [-0.4, -0.2) is 54.0 Å². The van der Waals surface area contributed by atoms with Gasteiger partial charge in [0.1, 0.15) is 0 Å². The molecule has 6 nitrogen and oxygen atoms in total. The van der Waals surface area contributed by atoms with E-state index in [9.17, 15) is 9.59 Å². The van der Waals surface area contributed by atoms with Crippen molar-refractivity contribution >= 4 is 11.9 Å². The number of carboxylic acids is 1. The van der Waals surface area contributed by atoms with Crippen LogP contribution in [0, 0.1) is 11.3 Å². The normalized spacial score (nSPS) is 10.2. The first kappa shape index (κ1) is 16.7. The van der Waals surface area contributed by atoms with Crippen molar-refractivity contribution in [3.8, 4) is 6.07 Å². The first-order chi connectivity index (χ1) is 9.93. The molecule has 0 aliphatic rings. The van der Waals surface area contributed by atoms with Crippen molar-refractivity contribution in [2.75, 3.05) is 27.2 Å². The number of likely N-dealkylation sites (N-methyl/N-ethyl adjacent to an activating group) is 2. The van der Waals surface area contributed by atoms with Gasteiger partial charge in [-0.05, 0) is 24.7 Å². The van der Waals surface area contributed by atoms with Crippen LogP contribution in [0.4, 0.5) is 0 Å². The number of hydrogen-bond donors (Lipinski definition) is 1. The fraction of sp³-hybridized carbons (Fsp3) is 0.400. The zero-order valence-electron chi connectivity index (χ0n) is 12.2. The molecule has 1 aromatic carbocycles. The Hall–Kier alpha value is -2.39. The highest BCUT2D eigenvalue weighted by atomic mass is 16.4. The van der Waals surface area contributed by atoms with Gasteiger partial charge in [0.2, 0.25) is 5.91 Å². The van der Waals surface area contributed by atoms with E-state index in [1.807, 2.05) is 18.0 Å². The van der Waals surface area contributed by atoms with Crippen LogP contribution >= 0.6 is 0 Å². The second kappa shape index (κ2) is 8.02. The summed E-state index contributed by atoms with van der Waals surface area (Å²) in [7, 11) is 3.50. The van der Waals surface area contributed by atoms with E-state index in [2.05, 4.69) is 0 Å². The minimum Gasteiger partial charge on any atom is -0.478 e. The molecule has 0 unspecified atom stereocenters. The molecule has 1 N–H and O–H groups in total. The monoisotopic (exact) mass is 289 g/mol. The highest BCUT2D eigenvalue weighted by Gasteiger charge is 2.12. The molecule has 112 valence electrons. The minimum absolute atomic E-state index is 0.0464. The average molecular weight is 289 g/mol. The number of nitrogens with zero attached hydrogens (tertiary/aromatic N) is 3. The van der Waals surface area contributed by atoms with Crippen LogP contribution in [-0.2, 0) is 11.3 Å². The van der Waals surface area contributed by atoms with Crippen LogP contribution in [0.2, 0.25) is 0 Å². The molecule has 1 amide bonds. The number of carbonyl (C=O) groups is 2. The van der Waals surface area contributed by atoms with Crippen LogP contribution in [0.5, 0.6) is 0 Å². The summed E-state index contributed by atoms with van der Waals surface area (Å²) in [5, 5.41) is 17.3. The van der Waals surface area contributed by atoms with Gasteiger partial charge in [0.15, 0.2) is 0 Å². The highest BCUT2D eigenvalue weighted by Crippen LogP contribution is 2.07.